The lowest BCUT2D eigenvalue weighted by atomic mass is 10.1. The molecule has 2 aliphatic heterocycles. The molecule has 0 bridgehead atoms. The second-order valence-corrected chi connectivity index (χ2v) is 6.13. The zero-order chi connectivity index (χ0) is 12.8. The summed E-state index contributed by atoms with van der Waals surface area (Å²) in [6, 6.07) is 7.25. The summed E-state index contributed by atoms with van der Waals surface area (Å²) >= 11 is 0. The van der Waals surface area contributed by atoms with E-state index in [0.29, 0.717) is 11.4 Å². The number of esters is 1. The van der Waals surface area contributed by atoms with Crippen molar-refractivity contribution in [2.24, 2.45) is 16.1 Å². The van der Waals surface area contributed by atoms with E-state index in [2.05, 4.69) is 10.2 Å². The van der Waals surface area contributed by atoms with Gasteiger partial charge in [-0.25, -0.2) is 4.79 Å². The Kier molecular flexibility index (Phi) is 2.55. The van der Waals surface area contributed by atoms with Gasteiger partial charge in [0.25, 0.3) is 4.87 Å². The fraction of sp³-hybridized carbons (Fsp3) is 0.417. The first kappa shape index (κ1) is 11.5. The number of hydrogen-bond donors (Lipinski definition) is 0. The smallest absolute Gasteiger partial charge is 0.350 e. The van der Waals surface area contributed by atoms with Crippen LogP contribution < -0.4 is 0 Å². The Labute approximate surface area is 107 Å². The highest BCUT2D eigenvalue weighted by atomic mass is 32.2. The molecular weight excluding hydrogens is 252 g/mol. The highest BCUT2D eigenvalue weighted by Gasteiger charge is 2.61. The molecule has 3 rings (SSSR count). The van der Waals surface area contributed by atoms with Crippen molar-refractivity contribution < 1.29 is 13.7 Å². The van der Waals surface area contributed by atoms with Gasteiger partial charge in [0.2, 0.25) is 0 Å². The van der Waals surface area contributed by atoms with Crippen LogP contribution in [0.15, 0.2) is 39.4 Å². The third kappa shape index (κ3) is 1.45. The van der Waals surface area contributed by atoms with Crippen LogP contribution in [-0.4, -0.2) is 28.2 Å². The molecule has 0 radical (unpaired) electrons. The number of carbonyl (C=O) groups excluding carboxylic acids is 1. The van der Waals surface area contributed by atoms with E-state index < -0.39 is 21.6 Å². The second-order valence-electron chi connectivity index (χ2n) is 4.50. The third-order valence-corrected chi connectivity index (χ3v) is 5.15. The number of hydrogen-bond acceptors (Lipinski definition) is 5. The molecule has 2 aliphatic rings. The molecule has 0 spiro atoms. The maximum absolute atomic E-state index is 12.6. The van der Waals surface area contributed by atoms with E-state index in [1.807, 2.05) is 19.1 Å². The summed E-state index contributed by atoms with van der Waals surface area (Å²) in [6.45, 7) is 2.61. The molecule has 0 amide bonds. The van der Waals surface area contributed by atoms with Gasteiger partial charge >= 0.3 is 5.97 Å². The number of fused-ring (bicyclic) bond motifs is 1. The van der Waals surface area contributed by atoms with Crippen molar-refractivity contribution in [1.82, 2.24) is 0 Å². The minimum absolute atomic E-state index is 0.202. The maximum Gasteiger partial charge on any atom is 0.350 e. The normalized spacial score (nSPS) is 31.2. The molecule has 0 N–H and O–H groups in total. The fourth-order valence-corrected chi connectivity index (χ4v) is 3.74. The number of benzene rings is 1. The first-order valence-electron chi connectivity index (χ1n) is 5.69. The van der Waals surface area contributed by atoms with Gasteiger partial charge in [-0.05, 0) is 19.1 Å². The lowest BCUT2D eigenvalue weighted by Crippen LogP contribution is -2.41. The van der Waals surface area contributed by atoms with Gasteiger partial charge in [0.05, 0.1) is 23.3 Å². The summed E-state index contributed by atoms with van der Waals surface area (Å²) < 4.78 is 17.6. The summed E-state index contributed by atoms with van der Waals surface area (Å²) in [4.78, 5) is 11.2. The van der Waals surface area contributed by atoms with E-state index in [-0.39, 0.29) is 12.5 Å². The molecule has 6 heteroatoms. The Morgan fingerprint density at radius 3 is 2.83 bits per heavy atom. The number of azo groups is 1. The molecule has 1 aromatic rings. The predicted octanol–water partition coefficient (Wildman–Crippen LogP) is 1.44. The number of carbonyl (C=O) groups is 1. The van der Waals surface area contributed by atoms with Gasteiger partial charge in [-0.3, -0.25) is 4.21 Å². The fourth-order valence-electron chi connectivity index (χ4n) is 2.21. The Hall–Kier alpha value is -1.56. The van der Waals surface area contributed by atoms with E-state index in [4.69, 9.17) is 4.74 Å². The van der Waals surface area contributed by atoms with Crippen molar-refractivity contribution in [2.45, 2.75) is 16.7 Å². The summed E-state index contributed by atoms with van der Waals surface area (Å²) in [7, 11) is -1.56. The minimum atomic E-state index is -1.56. The van der Waals surface area contributed by atoms with Gasteiger partial charge in [0.1, 0.15) is 6.61 Å². The minimum Gasteiger partial charge on any atom is -0.463 e. The molecule has 2 heterocycles. The van der Waals surface area contributed by atoms with Crippen LogP contribution in [0.5, 0.6) is 0 Å². The zero-order valence-corrected chi connectivity index (χ0v) is 10.6. The van der Waals surface area contributed by atoms with E-state index in [0.717, 1.165) is 5.56 Å². The van der Waals surface area contributed by atoms with Crippen LogP contribution in [0.3, 0.4) is 0 Å². The molecule has 0 aliphatic carbocycles. The zero-order valence-electron chi connectivity index (χ0n) is 9.83. The maximum atomic E-state index is 12.6. The monoisotopic (exact) mass is 264 g/mol. The SMILES string of the molecule is Cc1ccc([S@](=O)[C@]23N=NC[C@H]2COC3=O)cc1. The highest BCUT2D eigenvalue weighted by molar-refractivity contribution is 7.87. The van der Waals surface area contributed by atoms with Crippen LogP contribution in [0, 0.1) is 12.8 Å². The molecule has 5 nitrogen and oxygen atoms in total. The summed E-state index contributed by atoms with van der Waals surface area (Å²) in [5.41, 5.74) is 1.08. The number of nitrogens with zero attached hydrogens (tertiary/aromatic N) is 2. The van der Waals surface area contributed by atoms with E-state index in [1.54, 1.807) is 12.1 Å². The second kappa shape index (κ2) is 3.98. The van der Waals surface area contributed by atoms with Gasteiger partial charge in [-0.1, -0.05) is 17.7 Å². The first-order valence-corrected chi connectivity index (χ1v) is 6.84. The quantitative estimate of drug-likeness (QED) is 0.759. The molecule has 0 aromatic heterocycles. The van der Waals surface area contributed by atoms with Gasteiger partial charge < -0.3 is 4.74 Å². The van der Waals surface area contributed by atoms with Gasteiger partial charge in [0.15, 0.2) is 0 Å². The van der Waals surface area contributed by atoms with Crippen LogP contribution in [0.2, 0.25) is 0 Å². The van der Waals surface area contributed by atoms with Crippen LogP contribution in [0.1, 0.15) is 5.56 Å². The average Bonchev–Trinajstić information content (AvgIpc) is 2.92. The molecule has 0 saturated carbocycles. The summed E-state index contributed by atoms with van der Waals surface area (Å²) in [6.07, 6.45) is 0. The molecule has 18 heavy (non-hydrogen) atoms. The van der Waals surface area contributed by atoms with Crippen LogP contribution in [-0.2, 0) is 20.3 Å². The summed E-state index contributed by atoms with van der Waals surface area (Å²) in [5.74, 6) is -0.722. The number of aryl methyl sites for hydroxylation is 1. The van der Waals surface area contributed by atoms with Gasteiger partial charge in [-0.2, -0.15) is 10.2 Å². The van der Waals surface area contributed by atoms with Crippen LogP contribution >= 0.6 is 0 Å². The molecule has 1 fully saturated rings. The van der Waals surface area contributed by atoms with Crippen LogP contribution in [0.25, 0.3) is 0 Å². The highest BCUT2D eigenvalue weighted by Crippen LogP contribution is 2.41. The Bertz CT molecular complexity index is 555. The van der Waals surface area contributed by atoms with Crippen LogP contribution in [0.4, 0.5) is 0 Å². The van der Waals surface area contributed by atoms with Crippen molar-refractivity contribution in [1.29, 1.82) is 0 Å². The lowest BCUT2D eigenvalue weighted by Gasteiger charge is -2.18. The van der Waals surface area contributed by atoms with Crippen molar-refractivity contribution in [3.8, 4) is 0 Å². The molecule has 3 atom stereocenters. The topological polar surface area (TPSA) is 68.1 Å². The van der Waals surface area contributed by atoms with Crippen molar-refractivity contribution in [3.05, 3.63) is 29.8 Å². The summed E-state index contributed by atoms with van der Waals surface area (Å²) in [5, 5.41) is 7.84. The van der Waals surface area contributed by atoms with E-state index >= 15 is 0 Å². The Morgan fingerprint density at radius 2 is 2.11 bits per heavy atom. The molecular formula is C12H12N2O3S. The molecule has 0 unspecified atom stereocenters. The Morgan fingerprint density at radius 1 is 1.39 bits per heavy atom. The van der Waals surface area contributed by atoms with Gasteiger partial charge in [0, 0.05) is 4.90 Å². The van der Waals surface area contributed by atoms with Crippen molar-refractivity contribution in [2.75, 3.05) is 13.2 Å². The van der Waals surface area contributed by atoms with Gasteiger partial charge in [-0.15, -0.1) is 0 Å². The largest absolute Gasteiger partial charge is 0.463 e. The third-order valence-electron chi connectivity index (χ3n) is 3.30. The van der Waals surface area contributed by atoms with E-state index in [1.165, 1.54) is 0 Å². The number of rotatable bonds is 2. The van der Waals surface area contributed by atoms with Crippen molar-refractivity contribution in [3.63, 3.8) is 0 Å². The predicted molar refractivity (Wildman–Crippen MR) is 64.5 cm³/mol. The van der Waals surface area contributed by atoms with Crippen molar-refractivity contribution >= 4 is 16.8 Å². The lowest BCUT2D eigenvalue weighted by molar-refractivity contribution is -0.140. The van der Waals surface area contributed by atoms with E-state index in [9.17, 15) is 9.00 Å². The Balaban J connectivity index is 2.03. The molecule has 1 saturated heterocycles. The molecule has 1 aromatic carbocycles. The average molecular weight is 264 g/mol. The number of ether oxygens (including phenoxy) is 1. The number of cyclic esters (lactones) is 1. The molecule has 94 valence electrons. The first-order chi connectivity index (χ1) is 8.64. The standard InChI is InChI=1S/C12H12N2O3S/c1-8-2-4-10(5-3-8)18(16)12-9(6-13-14-12)7-17-11(12)15/h2-5,9H,6-7H2,1H3/t9-,12+,18-/m0/s1.